The molecule has 2 rings (SSSR count). The van der Waals surface area contributed by atoms with Crippen molar-refractivity contribution in [3.63, 3.8) is 0 Å². The summed E-state index contributed by atoms with van der Waals surface area (Å²) in [6.45, 7) is 1.72. The Morgan fingerprint density at radius 1 is 1.41 bits per heavy atom. The van der Waals surface area contributed by atoms with Crippen LogP contribution in [0.15, 0.2) is 16.9 Å². The van der Waals surface area contributed by atoms with E-state index < -0.39 is 22.8 Å². The second-order valence-electron chi connectivity index (χ2n) is 3.60. The van der Waals surface area contributed by atoms with Gasteiger partial charge < -0.3 is 15.2 Å². The number of pyridine rings is 1. The summed E-state index contributed by atoms with van der Waals surface area (Å²) in [6, 6.07) is 3.23. The fraction of sp³-hybridized carbons (Fsp3) is 0.0909. The molecule has 0 aliphatic rings. The van der Waals surface area contributed by atoms with E-state index in [2.05, 4.69) is 4.98 Å². The van der Waals surface area contributed by atoms with Crippen molar-refractivity contribution in [3.05, 3.63) is 38.6 Å². The molecule has 88 valence electrons. The molecule has 5 nitrogen and oxygen atoms in total. The molecule has 0 spiro atoms. The summed E-state index contributed by atoms with van der Waals surface area (Å²) in [7, 11) is 0. The van der Waals surface area contributed by atoms with Crippen molar-refractivity contribution in [1.29, 1.82) is 0 Å². The fourth-order valence-electron chi connectivity index (χ4n) is 1.63. The number of carboxylic acids is 1. The van der Waals surface area contributed by atoms with E-state index in [1.165, 1.54) is 0 Å². The fourth-order valence-corrected chi connectivity index (χ4v) is 1.89. The minimum Gasteiger partial charge on any atom is -0.506 e. The highest BCUT2D eigenvalue weighted by Crippen LogP contribution is 2.33. The van der Waals surface area contributed by atoms with E-state index in [9.17, 15) is 14.7 Å². The molecule has 0 aliphatic carbocycles. The Labute approximate surface area is 100 Å². The number of hydrogen-bond acceptors (Lipinski definition) is 3. The van der Waals surface area contributed by atoms with Crippen molar-refractivity contribution in [1.82, 2.24) is 4.98 Å². The number of H-pyrrole nitrogens is 1. The molecule has 6 heteroatoms. The summed E-state index contributed by atoms with van der Waals surface area (Å²) < 4.78 is 0. The molecule has 0 amide bonds. The van der Waals surface area contributed by atoms with Gasteiger partial charge >= 0.3 is 5.97 Å². The van der Waals surface area contributed by atoms with Crippen LogP contribution in [0.4, 0.5) is 0 Å². The number of carbonyl (C=O) groups is 1. The third-order valence-electron chi connectivity index (χ3n) is 2.50. The minimum atomic E-state index is -1.50. The maximum Gasteiger partial charge on any atom is 0.345 e. The SMILES string of the molecule is Cc1ccc2[nH]c(=O)c(C(=O)O)c(O)c2c1Cl. The Morgan fingerprint density at radius 3 is 2.65 bits per heavy atom. The van der Waals surface area contributed by atoms with Crippen LogP contribution in [-0.2, 0) is 0 Å². The zero-order valence-electron chi connectivity index (χ0n) is 8.74. The number of nitrogens with one attached hydrogen (secondary N) is 1. The third kappa shape index (κ3) is 1.64. The van der Waals surface area contributed by atoms with Crippen LogP contribution in [0.1, 0.15) is 15.9 Å². The number of aryl methyl sites for hydroxylation is 1. The topological polar surface area (TPSA) is 90.4 Å². The van der Waals surface area contributed by atoms with E-state index in [1.54, 1.807) is 19.1 Å². The molecule has 1 aromatic carbocycles. The molecule has 0 fully saturated rings. The molecule has 0 saturated carbocycles. The summed E-state index contributed by atoms with van der Waals surface area (Å²) in [6.07, 6.45) is 0. The number of aromatic nitrogens is 1. The second-order valence-corrected chi connectivity index (χ2v) is 3.98. The number of aromatic amines is 1. The molecule has 17 heavy (non-hydrogen) atoms. The molecule has 0 bridgehead atoms. The largest absolute Gasteiger partial charge is 0.506 e. The molecule has 0 radical (unpaired) electrons. The van der Waals surface area contributed by atoms with Gasteiger partial charge in [0.1, 0.15) is 5.75 Å². The minimum absolute atomic E-state index is 0.142. The van der Waals surface area contributed by atoms with Gasteiger partial charge in [0.15, 0.2) is 5.56 Å². The lowest BCUT2D eigenvalue weighted by Gasteiger charge is -2.07. The average molecular weight is 254 g/mol. The van der Waals surface area contributed by atoms with Crippen LogP contribution in [0, 0.1) is 6.92 Å². The molecule has 3 N–H and O–H groups in total. The Hall–Kier alpha value is -2.01. The van der Waals surface area contributed by atoms with Crippen molar-refractivity contribution in [2.75, 3.05) is 0 Å². The van der Waals surface area contributed by atoms with Crippen LogP contribution in [0.5, 0.6) is 5.75 Å². The van der Waals surface area contributed by atoms with Crippen LogP contribution in [-0.4, -0.2) is 21.2 Å². The first-order valence-electron chi connectivity index (χ1n) is 4.71. The number of aromatic hydroxyl groups is 1. The first-order chi connectivity index (χ1) is 7.93. The summed E-state index contributed by atoms with van der Waals surface area (Å²) in [5.74, 6) is -2.10. The number of halogens is 1. The lowest BCUT2D eigenvalue weighted by Crippen LogP contribution is -2.17. The van der Waals surface area contributed by atoms with Crippen LogP contribution >= 0.6 is 11.6 Å². The smallest absolute Gasteiger partial charge is 0.345 e. The van der Waals surface area contributed by atoms with Gasteiger partial charge in [-0.3, -0.25) is 4.79 Å². The second kappa shape index (κ2) is 3.78. The van der Waals surface area contributed by atoms with Gasteiger partial charge in [-0.2, -0.15) is 0 Å². The quantitative estimate of drug-likeness (QED) is 0.724. The molecule has 0 unspecified atom stereocenters. The van der Waals surface area contributed by atoms with Crippen molar-refractivity contribution < 1.29 is 15.0 Å². The molecule has 0 aliphatic heterocycles. The van der Waals surface area contributed by atoms with Crippen LogP contribution in [0.3, 0.4) is 0 Å². The molecular formula is C11H8ClNO4. The number of aromatic carboxylic acids is 1. The normalized spacial score (nSPS) is 10.7. The van der Waals surface area contributed by atoms with Gasteiger partial charge in [-0.15, -0.1) is 0 Å². The zero-order chi connectivity index (χ0) is 12.7. The highest BCUT2D eigenvalue weighted by Gasteiger charge is 2.20. The predicted octanol–water partition coefficient (Wildman–Crippen LogP) is 1.89. The highest BCUT2D eigenvalue weighted by molar-refractivity contribution is 6.36. The maximum absolute atomic E-state index is 11.5. The van der Waals surface area contributed by atoms with Gasteiger partial charge in [-0.25, -0.2) is 4.79 Å². The molecule has 0 atom stereocenters. The lowest BCUT2D eigenvalue weighted by atomic mass is 10.1. The van der Waals surface area contributed by atoms with Gasteiger partial charge in [0.05, 0.1) is 15.9 Å². The van der Waals surface area contributed by atoms with Crippen molar-refractivity contribution in [2.24, 2.45) is 0 Å². The van der Waals surface area contributed by atoms with Gasteiger partial charge in [0.25, 0.3) is 5.56 Å². The average Bonchev–Trinajstić information content (AvgIpc) is 2.22. The standard InChI is InChI=1S/C11H8ClNO4/c1-4-2-3-5-6(8(4)12)9(14)7(11(16)17)10(15)13-5/h2-3H,1H3,(H,16,17)(H2,13,14,15). The third-order valence-corrected chi connectivity index (χ3v) is 2.98. The van der Waals surface area contributed by atoms with E-state index in [0.717, 1.165) is 0 Å². The van der Waals surface area contributed by atoms with E-state index in [0.29, 0.717) is 11.1 Å². The van der Waals surface area contributed by atoms with E-state index in [1.807, 2.05) is 0 Å². The van der Waals surface area contributed by atoms with Crippen LogP contribution < -0.4 is 5.56 Å². The Morgan fingerprint density at radius 2 is 2.06 bits per heavy atom. The van der Waals surface area contributed by atoms with Gasteiger partial charge in [-0.05, 0) is 18.6 Å². The number of fused-ring (bicyclic) bond motifs is 1. The Bertz CT molecular complexity index is 690. The Kier molecular flexibility index (Phi) is 2.55. The predicted molar refractivity (Wildman–Crippen MR) is 62.9 cm³/mol. The van der Waals surface area contributed by atoms with Gasteiger partial charge in [0, 0.05) is 0 Å². The van der Waals surface area contributed by atoms with Crippen LogP contribution in [0.25, 0.3) is 10.9 Å². The van der Waals surface area contributed by atoms with E-state index in [-0.39, 0.29) is 10.4 Å². The molecule has 0 saturated heterocycles. The summed E-state index contributed by atoms with van der Waals surface area (Å²) >= 11 is 5.99. The molecule has 2 aromatic rings. The first-order valence-corrected chi connectivity index (χ1v) is 5.08. The first kappa shape index (κ1) is 11.5. The summed E-state index contributed by atoms with van der Waals surface area (Å²) in [4.78, 5) is 24.7. The number of rotatable bonds is 1. The van der Waals surface area contributed by atoms with E-state index >= 15 is 0 Å². The van der Waals surface area contributed by atoms with Crippen molar-refractivity contribution in [2.45, 2.75) is 6.92 Å². The number of hydrogen-bond donors (Lipinski definition) is 3. The maximum atomic E-state index is 11.5. The summed E-state index contributed by atoms with van der Waals surface area (Å²) in [5.41, 5.74) is -0.585. The van der Waals surface area contributed by atoms with E-state index in [4.69, 9.17) is 16.7 Å². The molecular weight excluding hydrogens is 246 g/mol. The monoisotopic (exact) mass is 253 g/mol. The Balaban J connectivity index is 3.05. The number of benzene rings is 1. The van der Waals surface area contributed by atoms with Crippen LogP contribution in [0.2, 0.25) is 5.02 Å². The van der Waals surface area contributed by atoms with Crippen molar-refractivity contribution >= 4 is 28.5 Å². The number of carboxylic acid groups (broad SMARTS) is 1. The zero-order valence-corrected chi connectivity index (χ0v) is 9.50. The lowest BCUT2D eigenvalue weighted by molar-refractivity contribution is 0.0692. The molecule has 1 aromatic heterocycles. The molecule has 1 heterocycles. The summed E-state index contributed by atoms with van der Waals surface area (Å²) in [5, 5.41) is 19.0. The van der Waals surface area contributed by atoms with Gasteiger partial charge in [0.2, 0.25) is 0 Å². The van der Waals surface area contributed by atoms with Crippen molar-refractivity contribution in [3.8, 4) is 5.75 Å². The van der Waals surface area contributed by atoms with Gasteiger partial charge in [-0.1, -0.05) is 17.7 Å². The highest BCUT2D eigenvalue weighted by atomic mass is 35.5.